The van der Waals surface area contributed by atoms with E-state index < -0.39 is 11.7 Å². The highest BCUT2D eigenvalue weighted by molar-refractivity contribution is 5.63. The standard InChI is InChI=1S/C18H10F3N5O/c19-18(20,21)14-3-1-2-11(6-14)16-25-17(27-26-16)12-4-5-15(24-9-12)13-7-22-10-23-8-13/h1-10H. The maximum Gasteiger partial charge on any atom is 0.416 e. The van der Waals surface area contributed by atoms with Gasteiger partial charge in [-0.25, -0.2) is 9.97 Å². The van der Waals surface area contributed by atoms with E-state index >= 15 is 0 Å². The van der Waals surface area contributed by atoms with Crippen molar-refractivity contribution >= 4 is 0 Å². The van der Waals surface area contributed by atoms with Crippen LogP contribution in [-0.2, 0) is 6.18 Å². The van der Waals surface area contributed by atoms with Crippen molar-refractivity contribution < 1.29 is 17.7 Å². The molecule has 0 fully saturated rings. The van der Waals surface area contributed by atoms with Crippen LogP contribution in [0.15, 0.2) is 65.8 Å². The monoisotopic (exact) mass is 369 g/mol. The SMILES string of the molecule is FC(F)(F)c1cccc(-c2noc(-c3ccc(-c4cncnc4)nc3)n2)c1. The molecule has 0 spiro atoms. The average Bonchev–Trinajstić information content (AvgIpc) is 3.19. The van der Waals surface area contributed by atoms with Gasteiger partial charge in [0.05, 0.1) is 16.8 Å². The summed E-state index contributed by atoms with van der Waals surface area (Å²) < 4.78 is 43.7. The van der Waals surface area contributed by atoms with E-state index in [-0.39, 0.29) is 17.3 Å². The minimum absolute atomic E-state index is 0.0663. The number of pyridine rings is 1. The lowest BCUT2D eigenvalue weighted by molar-refractivity contribution is -0.137. The van der Waals surface area contributed by atoms with Crippen LogP contribution in [0.5, 0.6) is 0 Å². The van der Waals surface area contributed by atoms with Gasteiger partial charge in [-0.05, 0) is 24.3 Å². The van der Waals surface area contributed by atoms with Crippen LogP contribution in [0, 0.1) is 0 Å². The summed E-state index contributed by atoms with van der Waals surface area (Å²) in [7, 11) is 0. The molecule has 3 aromatic heterocycles. The van der Waals surface area contributed by atoms with Crippen molar-refractivity contribution in [1.29, 1.82) is 0 Å². The summed E-state index contributed by atoms with van der Waals surface area (Å²) in [5.41, 5.74) is 1.39. The Labute approximate surface area is 150 Å². The van der Waals surface area contributed by atoms with Gasteiger partial charge in [0, 0.05) is 29.7 Å². The maximum absolute atomic E-state index is 12.9. The molecule has 27 heavy (non-hydrogen) atoms. The van der Waals surface area contributed by atoms with Gasteiger partial charge >= 0.3 is 6.18 Å². The Bertz CT molecular complexity index is 1060. The van der Waals surface area contributed by atoms with Crippen LogP contribution in [0.4, 0.5) is 13.2 Å². The molecule has 0 aliphatic carbocycles. The second-order valence-electron chi connectivity index (χ2n) is 5.56. The lowest BCUT2D eigenvalue weighted by Gasteiger charge is -2.06. The van der Waals surface area contributed by atoms with E-state index in [1.54, 1.807) is 24.5 Å². The Morgan fingerprint density at radius 3 is 2.37 bits per heavy atom. The fourth-order valence-corrected chi connectivity index (χ4v) is 2.42. The normalized spacial score (nSPS) is 11.5. The van der Waals surface area contributed by atoms with Crippen molar-refractivity contribution in [1.82, 2.24) is 25.1 Å². The number of rotatable bonds is 3. The molecule has 0 atom stereocenters. The fourth-order valence-electron chi connectivity index (χ4n) is 2.42. The third-order valence-corrected chi connectivity index (χ3v) is 3.74. The molecule has 3 heterocycles. The van der Waals surface area contributed by atoms with Crippen LogP contribution >= 0.6 is 0 Å². The number of nitrogens with zero attached hydrogens (tertiary/aromatic N) is 5. The molecular formula is C18H10F3N5O. The number of hydrogen-bond acceptors (Lipinski definition) is 6. The molecule has 0 radical (unpaired) electrons. The van der Waals surface area contributed by atoms with Crippen molar-refractivity contribution in [2.75, 3.05) is 0 Å². The highest BCUT2D eigenvalue weighted by Gasteiger charge is 2.30. The summed E-state index contributed by atoms with van der Waals surface area (Å²) in [4.78, 5) is 16.3. The quantitative estimate of drug-likeness (QED) is 0.537. The smallest absolute Gasteiger partial charge is 0.334 e. The van der Waals surface area contributed by atoms with Crippen molar-refractivity contribution in [2.24, 2.45) is 0 Å². The molecule has 1 aromatic carbocycles. The number of hydrogen-bond donors (Lipinski definition) is 0. The van der Waals surface area contributed by atoms with Crippen LogP contribution in [0.25, 0.3) is 34.1 Å². The van der Waals surface area contributed by atoms with Gasteiger partial charge in [-0.15, -0.1) is 0 Å². The minimum Gasteiger partial charge on any atom is -0.334 e. The van der Waals surface area contributed by atoms with Crippen LogP contribution in [0.3, 0.4) is 0 Å². The second-order valence-corrected chi connectivity index (χ2v) is 5.56. The third-order valence-electron chi connectivity index (χ3n) is 3.74. The van der Waals surface area contributed by atoms with E-state index in [4.69, 9.17) is 4.52 Å². The molecule has 0 aliphatic rings. The highest BCUT2D eigenvalue weighted by Crippen LogP contribution is 2.32. The molecule has 9 heteroatoms. The molecule has 6 nitrogen and oxygen atoms in total. The first-order chi connectivity index (χ1) is 13.0. The molecule has 0 unspecified atom stereocenters. The first-order valence-corrected chi connectivity index (χ1v) is 7.74. The van der Waals surface area contributed by atoms with Crippen molar-refractivity contribution in [3.05, 3.63) is 66.9 Å². The summed E-state index contributed by atoms with van der Waals surface area (Å²) in [6, 6.07) is 8.21. The first kappa shape index (κ1) is 16.8. The van der Waals surface area contributed by atoms with Gasteiger partial charge < -0.3 is 4.52 Å². The van der Waals surface area contributed by atoms with Crippen molar-refractivity contribution in [3.8, 4) is 34.1 Å². The van der Waals surface area contributed by atoms with Gasteiger partial charge in [0.1, 0.15) is 6.33 Å². The van der Waals surface area contributed by atoms with Crippen LogP contribution in [0.1, 0.15) is 5.56 Å². The average molecular weight is 369 g/mol. The zero-order valence-corrected chi connectivity index (χ0v) is 13.6. The Balaban J connectivity index is 1.62. The van der Waals surface area contributed by atoms with Gasteiger partial charge in [-0.3, -0.25) is 4.98 Å². The largest absolute Gasteiger partial charge is 0.416 e. The summed E-state index contributed by atoms with van der Waals surface area (Å²) in [5, 5.41) is 3.77. The van der Waals surface area contributed by atoms with Crippen molar-refractivity contribution in [2.45, 2.75) is 6.18 Å². The lowest BCUT2D eigenvalue weighted by atomic mass is 10.1. The Morgan fingerprint density at radius 1 is 0.852 bits per heavy atom. The van der Waals surface area contributed by atoms with Gasteiger partial charge in [-0.2, -0.15) is 18.2 Å². The summed E-state index contributed by atoms with van der Waals surface area (Å²) in [6.07, 6.45) is 1.78. The molecule has 0 saturated heterocycles. The van der Waals surface area contributed by atoms with Gasteiger partial charge in [-0.1, -0.05) is 17.3 Å². The molecule has 0 aliphatic heterocycles. The lowest BCUT2D eigenvalue weighted by Crippen LogP contribution is -2.04. The molecule has 134 valence electrons. The molecule has 0 amide bonds. The predicted molar refractivity (Wildman–Crippen MR) is 89.0 cm³/mol. The zero-order chi connectivity index (χ0) is 18.9. The Kier molecular flexibility index (Phi) is 4.11. The topological polar surface area (TPSA) is 77.6 Å². The zero-order valence-electron chi connectivity index (χ0n) is 13.6. The van der Waals surface area contributed by atoms with Crippen molar-refractivity contribution in [3.63, 3.8) is 0 Å². The second kappa shape index (κ2) is 6.60. The van der Waals surface area contributed by atoms with E-state index in [2.05, 4.69) is 25.1 Å². The molecular weight excluding hydrogens is 359 g/mol. The van der Waals surface area contributed by atoms with E-state index in [1.165, 1.54) is 24.7 Å². The number of aromatic nitrogens is 5. The van der Waals surface area contributed by atoms with E-state index in [1.807, 2.05) is 0 Å². The molecule has 0 saturated carbocycles. The molecule has 4 aromatic rings. The van der Waals surface area contributed by atoms with E-state index in [0.29, 0.717) is 11.3 Å². The van der Waals surface area contributed by atoms with E-state index in [0.717, 1.165) is 17.7 Å². The predicted octanol–water partition coefficient (Wildman–Crippen LogP) is 4.27. The molecule has 4 rings (SSSR count). The van der Waals surface area contributed by atoms with E-state index in [9.17, 15) is 13.2 Å². The first-order valence-electron chi connectivity index (χ1n) is 7.74. The van der Waals surface area contributed by atoms with Gasteiger partial charge in [0.25, 0.3) is 5.89 Å². The summed E-state index contributed by atoms with van der Waals surface area (Å²) >= 11 is 0. The van der Waals surface area contributed by atoms with Crippen LogP contribution in [0.2, 0.25) is 0 Å². The number of halogens is 3. The third kappa shape index (κ3) is 3.52. The molecule has 0 N–H and O–H groups in total. The molecule has 0 bridgehead atoms. The van der Waals surface area contributed by atoms with Crippen LogP contribution < -0.4 is 0 Å². The highest BCUT2D eigenvalue weighted by atomic mass is 19.4. The fraction of sp³-hybridized carbons (Fsp3) is 0.0556. The summed E-state index contributed by atoms with van der Waals surface area (Å²) in [6.45, 7) is 0. The number of benzene rings is 1. The van der Waals surface area contributed by atoms with Crippen LogP contribution in [-0.4, -0.2) is 25.1 Å². The Morgan fingerprint density at radius 2 is 1.67 bits per heavy atom. The minimum atomic E-state index is -4.44. The number of alkyl halides is 3. The van der Waals surface area contributed by atoms with Gasteiger partial charge in [0.15, 0.2) is 0 Å². The summed E-state index contributed by atoms with van der Waals surface area (Å²) in [5.74, 6) is 0.224. The Hall–Kier alpha value is -3.62. The maximum atomic E-state index is 12.9. The van der Waals surface area contributed by atoms with Gasteiger partial charge in [0.2, 0.25) is 5.82 Å².